The van der Waals surface area contributed by atoms with Gasteiger partial charge in [-0.1, -0.05) is 36.8 Å². The summed E-state index contributed by atoms with van der Waals surface area (Å²) >= 11 is 1.77. The lowest BCUT2D eigenvalue weighted by Crippen LogP contribution is -2.45. The van der Waals surface area contributed by atoms with Gasteiger partial charge in [-0.05, 0) is 104 Å². The molecule has 0 aliphatic carbocycles. The van der Waals surface area contributed by atoms with Crippen molar-refractivity contribution < 1.29 is 13.2 Å². The van der Waals surface area contributed by atoms with Gasteiger partial charge in [0.05, 0.1) is 10.9 Å². The van der Waals surface area contributed by atoms with Gasteiger partial charge in [0, 0.05) is 30.4 Å². The lowest BCUT2D eigenvalue weighted by molar-refractivity contribution is -0.133. The first-order valence-electron chi connectivity index (χ1n) is 13.7. The van der Waals surface area contributed by atoms with E-state index < -0.39 is 10.0 Å². The Morgan fingerprint density at radius 3 is 2.47 bits per heavy atom. The summed E-state index contributed by atoms with van der Waals surface area (Å²) in [5.74, 6) is 0.111. The first kappa shape index (κ1) is 27.1. The molecule has 5 rings (SSSR count). The predicted molar refractivity (Wildman–Crippen MR) is 154 cm³/mol. The lowest BCUT2D eigenvalue weighted by Gasteiger charge is -2.38. The summed E-state index contributed by atoms with van der Waals surface area (Å²) in [6.45, 7) is 9.17. The number of fused-ring (bicyclic) bond motifs is 1. The van der Waals surface area contributed by atoms with Crippen LogP contribution in [0, 0.1) is 27.7 Å². The molecule has 3 aromatic rings. The molecular weight excluding hydrogens is 512 g/mol. The molecule has 2 aliphatic heterocycles. The van der Waals surface area contributed by atoms with Crippen molar-refractivity contribution >= 4 is 27.3 Å². The summed E-state index contributed by atoms with van der Waals surface area (Å²) in [6.07, 6.45) is 4.42. The third kappa shape index (κ3) is 5.08. The van der Waals surface area contributed by atoms with Gasteiger partial charge in [0.2, 0.25) is 15.9 Å². The zero-order chi connectivity index (χ0) is 27.0. The summed E-state index contributed by atoms with van der Waals surface area (Å²) in [4.78, 5) is 17.6. The molecule has 1 fully saturated rings. The Hall–Kier alpha value is -2.48. The molecule has 0 radical (unpaired) electrons. The number of piperidine rings is 1. The third-order valence-corrected chi connectivity index (χ3v) is 11.5. The average Bonchev–Trinajstić information content (AvgIpc) is 3.38. The highest BCUT2D eigenvalue weighted by molar-refractivity contribution is 7.89. The highest BCUT2D eigenvalue weighted by Crippen LogP contribution is 2.39. The lowest BCUT2D eigenvalue weighted by atomic mass is 9.90. The molecule has 2 aromatic carbocycles. The summed E-state index contributed by atoms with van der Waals surface area (Å²) in [5.41, 5.74) is 6.46. The number of carbonyl (C=O) groups is 1. The van der Waals surface area contributed by atoms with E-state index in [2.05, 4.69) is 30.5 Å². The van der Waals surface area contributed by atoms with Crippen molar-refractivity contribution in [2.24, 2.45) is 0 Å². The van der Waals surface area contributed by atoms with Crippen LogP contribution < -0.4 is 0 Å². The van der Waals surface area contributed by atoms with Gasteiger partial charge in [-0.15, -0.1) is 11.3 Å². The molecule has 0 bridgehead atoms. The number of hydrogen-bond donors (Lipinski definition) is 0. The molecule has 2 atom stereocenters. The SMILES string of the molecule is Cc1cc(C)c(S(=O)(=O)N2CCCCC2CCC(=O)N2CCc3sccc3C2c2ccccc2C)cc1C. The summed E-state index contributed by atoms with van der Waals surface area (Å²) < 4.78 is 29.4. The first-order valence-corrected chi connectivity index (χ1v) is 16.0. The van der Waals surface area contributed by atoms with Crippen LogP contribution in [0.4, 0.5) is 0 Å². The van der Waals surface area contributed by atoms with Gasteiger partial charge < -0.3 is 4.90 Å². The Balaban J connectivity index is 1.37. The maximum absolute atomic E-state index is 13.8. The summed E-state index contributed by atoms with van der Waals surface area (Å²) in [6, 6.07) is 14.0. The fourth-order valence-electron chi connectivity index (χ4n) is 6.16. The quantitative estimate of drug-likeness (QED) is 0.353. The second-order valence-corrected chi connectivity index (χ2v) is 13.8. The molecule has 5 nitrogen and oxygen atoms in total. The molecule has 3 heterocycles. The second-order valence-electron chi connectivity index (χ2n) is 10.9. The highest BCUT2D eigenvalue weighted by Gasteiger charge is 2.37. The number of sulfonamides is 1. The Labute approximate surface area is 231 Å². The van der Waals surface area contributed by atoms with E-state index in [4.69, 9.17) is 0 Å². The highest BCUT2D eigenvalue weighted by atomic mass is 32.2. The number of benzene rings is 2. The summed E-state index contributed by atoms with van der Waals surface area (Å²) in [5, 5.41) is 2.13. The summed E-state index contributed by atoms with van der Waals surface area (Å²) in [7, 11) is -3.64. The topological polar surface area (TPSA) is 57.7 Å². The van der Waals surface area contributed by atoms with Crippen molar-refractivity contribution in [3.05, 3.63) is 86.1 Å². The monoisotopic (exact) mass is 550 g/mol. The minimum absolute atomic E-state index is 0.0805. The molecule has 7 heteroatoms. The maximum atomic E-state index is 13.8. The molecule has 1 saturated heterocycles. The number of hydrogen-bond acceptors (Lipinski definition) is 4. The minimum Gasteiger partial charge on any atom is -0.331 e. The standard InChI is InChI=1S/C31H38N2O3S2/c1-21-9-5-6-11-26(21)31-27-15-18-37-28(27)14-17-32(31)30(34)13-12-25-10-7-8-16-33(25)38(35,36)29-20-23(3)22(2)19-24(29)4/h5-6,9,11,15,18-20,25,31H,7-8,10,12-14,16-17H2,1-4H3. The molecular formula is C31H38N2O3S2. The van der Waals surface area contributed by atoms with Crippen molar-refractivity contribution in [2.75, 3.05) is 13.1 Å². The fourth-order valence-corrected chi connectivity index (χ4v) is 9.09. The van der Waals surface area contributed by atoms with E-state index in [9.17, 15) is 13.2 Å². The molecule has 1 amide bonds. The molecule has 0 saturated carbocycles. The Kier molecular flexibility index (Phi) is 7.81. The van der Waals surface area contributed by atoms with E-state index in [0.717, 1.165) is 42.4 Å². The second kappa shape index (κ2) is 10.9. The fraction of sp³-hybridized carbons (Fsp3) is 0.452. The molecule has 1 aromatic heterocycles. The first-order chi connectivity index (χ1) is 18.2. The van der Waals surface area contributed by atoms with Crippen LogP contribution in [0.2, 0.25) is 0 Å². The van der Waals surface area contributed by atoms with Crippen molar-refractivity contribution in [1.82, 2.24) is 9.21 Å². The Bertz CT molecular complexity index is 1440. The van der Waals surface area contributed by atoms with E-state index >= 15 is 0 Å². The van der Waals surface area contributed by atoms with Crippen LogP contribution in [0.5, 0.6) is 0 Å². The van der Waals surface area contributed by atoms with Crippen LogP contribution in [0.1, 0.15) is 76.4 Å². The number of rotatable bonds is 6. The van der Waals surface area contributed by atoms with E-state index in [-0.39, 0.29) is 18.0 Å². The molecule has 2 unspecified atom stereocenters. The Morgan fingerprint density at radius 1 is 0.921 bits per heavy atom. The van der Waals surface area contributed by atoms with Gasteiger partial charge in [0.25, 0.3) is 0 Å². The largest absolute Gasteiger partial charge is 0.331 e. The van der Waals surface area contributed by atoms with Crippen LogP contribution in [0.3, 0.4) is 0 Å². The maximum Gasteiger partial charge on any atom is 0.243 e. The normalized spacial score (nSPS) is 20.4. The minimum atomic E-state index is -3.64. The molecule has 0 N–H and O–H groups in total. The van der Waals surface area contributed by atoms with Gasteiger partial charge >= 0.3 is 0 Å². The van der Waals surface area contributed by atoms with E-state index in [1.54, 1.807) is 15.6 Å². The van der Waals surface area contributed by atoms with Crippen molar-refractivity contribution in [3.63, 3.8) is 0 Å². The number of thiophene rings is 1. The average molecular weight is 551 g/mol. The van der Waals surface area contributed by atoms with E-state index in [1.807, 2.05) is 49.9 Å². The van der Waals surface area contributed by atoms with Gasteiger partial charge in [-0.2, -0.15) is 4.31 Å². The smallest absolute Gasteiger partial charge is 0.243 e. The van der Waals surface area contributed by atoms with Crippen LogP contribution in [-0.4, -0.2) is 42.7 Å². The van der Waals surface area contributed by atoms with E-state index in [0.29, 0.717) is 30.8 Å². The van der Waals surface area contributed by atoms with Crippen LogP contribution in [-0.2, 0) is 21.2 Å². The molecule has 2 aliphatic rings. The molecule has 202 valence electrons. The van der Waals surface area contributed by atoms with Crippen molar-refractivity contribution in [2.45, 2.75) is 83.2 Å². The zero-order valence-electron chi connectivity index (χ0n) is 22.9. The number of carbonyl (C=O) groups excluding carboxylic acids is 1. The van der Waals surface area contributed by atoms with Crippen LogP contribution >= 0.6 is 11.3 Å². The third-order valence-electron chi connectivity index (χ3n) is 8.41. The number of aryl methyl sites for hydroxylation is 4. The van der Waals surface area contributed by atoms with Crippen LogP contribution in [0.15, 0.2) is 52.7 Å². The molecule has 0 spiro atoms. The van der Waals surface area contributed by atoms with Gasteiger partial charge in [0.15, 0.2) is 0 Å². The number of nitrogens with zero attached hydrogens (tertiary/aromatic N) is 2. The van der Waals surface area contributed by atoms with Crippen molar-refractivity contribution in [3.8, 4) is 0 Å². The number of amides is 1. The molecule has 38 heavy (non-hydrogen) atoms. The zero-order valence-corrected chi connectivity index (χ0v) is 24.5. The van der Waals surface area contributed by atoms with Gasteiger partial charge in [-0.3, -0.25) is 4.79 Å². The van der Waals surface area contributed by atoms with Crippen LogP contribution in [0.25, 0.3) is 0 Å². The van der Waals surface area contributed by atoms with Gasteiger partial charge in [-0.25, -0.2) is 8.42 Å². The van der Waals surface area contributed by atoms with Crippen molar-refractivity contribution in [1.29, 1.82) is 0 Å². The van der Waals surface area contributed by atoms with Gasteiger partial charge in [0.1, 0.15) is 0 Å². The van der Waals surface area contributed by atoms with E-state index in [1.165, 1.54) is 21.6 Å². The predicted octanol–water partition coefficient (Wildman–Crippen LogP) is 6.48. The Morgan fingerprint density at radius 2 is 1.68 bits per heavy atom.